The Morgan fingerprint density at radius 1 is 1.12 bits per heavy atom. The summed E-state index contributed by atoms with van der Waals surface area (Å²) >= 11 is 0. The first kappa shape index (κ1) is 22.7. The molecule has 1 aromatic heterocycles. The number of aromatic amines is 1. The number of carbonyl (C=O) groups is 1. The lowest BCUT2D eigenvalue weighted by atomic mass is 10.1. The van der Waals surface area contributed by atoms with Crippen molar-refractivity contribution in [1.82, 2.24) is 9.97 Å². The predicted octanol–water partition coefficient (Wildman–Crippen LogP) is 5.33. The van der Waals surface area contributed by atoms with Crippen molar-refractivity contribution in [1.29, 1.82) is 0 Å². The third-order valence-electron chi connectivity index (χ3n) is 5.13. The van der Waals surface area contributed by atoms with Gasteiger partial charge in [-0.15, -0.1) is 0 Å². The number of hydrogen-bond donors (Lipinski definition) is 3. The van der Waals surface area contributed by atoms with Crippen LogP contribution in [0.2, 0.25) is 0 Å². The maximum Gasteiger partial charge on any atom is 0.248 e. The molecule has 172 valence electrons. The molecule has 0 saturated heterocycles. The van der Waals surface area contributed by atoms with Crippen LogP contribution >= 0.6 is 0 Å². The summed E-state index contributed by atoms with van der Waals surface area (Å²) in [6.07, 6.45) is 4.82. The number of aromatic nitrogens is 2. The number of carbonyl (C=O) groups excluding carboxylic acids is 1. The number of methoxy groups -OCH3 is 1. The SMILES string of the molecule is COc1ccc(/C=C/C(=O)Nc2ccccc2COc2ccc(-c3ncc(C)[nH]3)cc2)cc1O. The Kier molecular flexibility index (Phi) is 6.93. The number of ether oxygens (including phenoxy) is 2. The second-order valence-electron chi connectivity index (χ2n) is 7.64. The average molecular weight is 456 g/mol. The Morgan fingerprint density at radius 2 is 1.91 bits per heavy atom. The van der Waals surface area contributed by atoms with Crippen LogP contribution in [0.4, 0.5) is 5.69 Å². The van der Waals surface area contributed by atoms with Gasteiger partial charge >= 0.3 is 0 Å². The molecule has 0 bridgehead atoms. The van der Waals surface area contributed by atoms with E-state index in [1.54, 1.807) is 24.4 Å². The summed E-state index contributed by atoms with van der Waals surface area (Å²) in [5, 5.41) is 12.8. The topological polar surface area (TPSA) is 96.5 Å². The van der Waals surface area contributed by atoms with Crippen LogP contribution in [0.1, 0.15) is 16.8 Å². The van der Waals surface area contributed by atoms with E-state index >= 15 is 0 Å². The van der Waals surface area contributed by atoms with Gasteiger partial charge in [-0.25, -0.2) is 4.98 Å². The van der Waals surface area contributed by atoms with Crippen LogP contribution in [0.3, 0.4) is 0 Å². The molecule has 7 nitrogen and oxygen atoms in total. The molecule has 0 atom stereocenters. The van der Waals surface area contributed by atoms with Gasteiger partial charge in [0.25, 0.3) is 0 Å². The summed E-state index contributed by atoms with van der Waals surface area (Å²) in [4.78, 5) is 20.0. The van der Waals surface area contributed by atoms with E-state index in [-0.39, 0.29) is 11.7 Å². The molecule has 0 saturated carbocycles. The molecule has 0 fully saturated rings. The molecule has 0 aliphatic heterocycles. The molecule has 0 unspecified atom stereocenters. The zero-order valence-electron chi connectivity index (χ0n) is 18.9. The number of hydrogen-bond acceptors (Lipinski definition) is 5. The second-order valence-corrected chi connectivity index (χ2v) is 7.64. The molecular formula is C27H25N3O4. The number of phenols is 1. The van der Waals surface area contributed by atoms with E-state index in [4.69, 9.17) is 9.47 Å². The van der Waals surface area contributed by atoms with E-state index in [9.17, 15) is 9.90 Å². The molecule has 3 N–H and O–H groups in total. The zero-order chi connectivity index (χ0) is 23.9. The first-order valence-electron chi connectivity index (χ1n) is 10.7. The van der Waals surface area contributed by atoms with Crippen molar-refractivity contribution < 1.29 is 19.4 Å². The lowest BCUT2D eigenvalue weighted by Gasteiger charge is -2.12. The monoisotopic (exact) mass is 455 g/mol. The molecule has 0 aliphatic rings. The number of benzene rings is 3. The van der Waals surface area contributed by atoms with Gasteiger partial charge in [0.2, 0.25) is 5.91 Å². The molecule has 1 amide bonds. The minimum absolute atomic E-state index is 0.0138. The van der Waals surface area contributed by atoms with Crippen LogP contribution in [0.25, 0.3) is 17.5 Å². The van der Waals surface area contributed by atoms with Crippen LogP contribution in [0.15, 0.2) is 79.0 Å². The number of nitrogens with one attached hydrogen (secondary N) is 2. The minimum atomic E-state index is -0.291. The van der Waals surface area contributed by atoms with Gasteiger partial charge < -0.3 is 24.9 Å². The Morgan fingerprint density at radius 3 is 2.62 bits per heavy atom. The summed E-state index contributed by atoms with van der Waals surface area (Å²) in [5.41, 5.74) is 4.17. The Labute approximate surface area is 197 Å². The molecule has 1 heterocycles. The van der Waals surface area contributed by atoms with E-state index in [2.05, 4.69) is 15.3 Å². The molecule has 0 aliphatic carbocycles. The maximum atomic E-state index is 12.5. The number of anilines is 1. The van der Waals surface area contributed by atoms with Gasteiger partial charge in [-0.1, -0.05) is 24.3 Å². The van der Waals surface area contributed by atoms with E-state index < -0.39 is 0 Å². The third-order valence-corrected chi connectivity index (χ3v) is 5.13. The fourth-order valence-corrected chi connectivity index (χ4v) is 3.35. The van der Waals surface area contributed by atoms with Crippen LogP contribution in [-0.2, 0) is 11.4 Å². The molecule has 3 aromatic carbocycles. The Balaban J connectivity index is 1.38. The highest BCUT2D eigenvalue weighted by Crippen LogP contribution is 2.27. The standard InChI is InChI=1S/C27H25N3O4/c1-18-16-28-27(29-18)20-9-11-22(12-10-20)34-17-21-5-3-4-6-23(21)30-26(32)14-8-19-7-13-25(33-2)24(31)15-19/h3-16,31H,17H2,1-2H3,(H,28,29)(H,30,32)/b14-8+. The summed E-state index contributed by atoms with van der Waals surface area (Å²) < 4.78 is 11.0. The normalized spacial score (nSPS) is 10.9. The van der Waals surface area contributed by atoms with Gasteiger partial charge in [0, 0.05) is 34.8 Å². The number of imidazole rings is 1. The molecule has 4 rings (SSSR count). The van der Waals surface area contributed by atoms with E-state index in [1.807, 2.05) is 55.5 Å². The number of H-pyrrole nitrogens is 1. The summed E-state index contributed by atoms with van der Waals surface area (Å²) in [6, 6.07) is 20.1. The number of amides is 1. The minimum Gasteiger partial charge on any atom is -0.504 e. The van der Waals surface area contributed by atoms with Crippen molar-refractivity contribution in [2.75, 3.05) is 12.4 Å². The van der Waals surface area contributed by atoms with E-state index in [0.29, 0.717) is 29.4 Å². The number of aryl methyl sites for hydroxylation is 1. The lowest BCUT2D eigenvalue weighted by molar-refractivity contribution is -0.111. The van der Waals surface area contributed by atoms with Crippen molar-refractivity contribution in [3.63, 3.8) is 0 Å². The fourth-order valence-electron chi connectivity index (χ4n) is 3.35. The fraction of sp³-hybridized carbons (Fsp3) is 0.111. The van der Waals surface area contributed by atoms with Crippen molar-refractivity contribution in [3.05, 3.63) is 95.8 Å². The summed E-state index contributed by atoms with van der Waals surface area (Å²) in [5.74, 6) is 1.63. The van der Waals surface area contributed by atoms with Gasteiger partial charge in [0.05, 0.1) is 7.11 Å². The van der Waals surface area contributed by atoms with Crippen molar-refractivity contribution in [2.45, 2.75) is 13.5 Å². The predicted molar refractivity (Wildman–Crippen MR) is 132 cm³/mol. The maximum absolute atomic E-state index is 12.5. The molecule has 4 aromatic rings. The van der Waals surface area contributed by atoms with Gasteiger partial charge in [0.1, 0.15) is 18.2 Å². The van der Waals surface area contributed by atoms with Gasteiger partial charge in [-0.3, -0.25) is 4.79 Å². The number of rotatable bonds is 8. The molecular weight excluding hydrogens is 430 g/mol. The largest absolute Gasteiger partial charge is 0.504 e. The highest BCUT2D eigenvalue weighted by atomic mass is 16.5. The molecule has 0 radical (unpaired) electrons. The number of aromatic hydroxyl groups is 1. The average Bonchev–Trinajstić information content (AvgIpc) is 3.29. The van der Waals surface area contributed by atoms with Gasteiger partial charge in [0.15, 0.2) is 11.5 Å². The number of phenolic OH excluding ortho intramolecular Hbond substituents is 1. The zero-order valence-corrected chi connectivity index (χ0v) is 18.9. The molecule has 7 heteroatoms. The van der Waals surface area contributed by atoms with Crippen molar-refractivity contribution in [2.24, 2.45) is 0 Å². The summed E-state index contributed by atoms with van der Waals surface area (Å²) in [7, 11) is 1.48. The van der Waals surface area contributed by atoms with Crippen LogP contribution < -0.4 is 14.8 Å². The second kappa shape index (κ2) is 10.4. The van der Waals surface area contributed by atoms with Crippen LogP contribution in [-0.4, -0.2) is 28.1 Å². The molecule has 0 spiro atoms. The van der Waals surface area contributed by atoms with Crippen LogP contribution in [0, 0.1) is 6.92 Å². The third kappa shape index (κ3) is 5.63. The number of nitrogens with zero attached hydrogens (tertiary/aromatic N) is 1. The van der Waals surface area contributed by atoms with E-state index in [1.165, 1.54) is 19.3 Å². The first-order valence-corrected chi connectivity index (χ1v) is 10.7. The van der Waals surface area contributed by atoms with E-state index in [0.717, 1.165) is 22.6 Å². The van der Waals surface area contributed by atoms with Gasteiger partial charge in [-0.05, 0) is 61.0 Å². The highest BCUT2D eigenvalue weighted by Gasteiger charge is 2.07. The first-order chi connectivity index (χ1) is 16.5. The van der Waals surface area contributed by atoms with Gasteiger partial charge in [-0.2, -0.15) is 0 Å². The van der Waals surface area contributed by atoms with Crippen LogP contribution in [0.5, 0.6) is 17.2 Å². The lowest BCUT2D eigenvalue weighted by Crippen LogP contribution is -2.10. The summed E-state index contributed by atoms with van der Waals surface area (Å²) in [6.45, 7) is 2.26. The smallest absolute Gasteiger partial charge is 0.248 e. The molecule has 34 heavy (non-hydrogen) atoms. The Bertz CT molecular complexity index is 1310. The quantitative estimate of drug-likeness (QED) is 0.312. The van der Waals surface area contributed by atoms with Crippen molar-refractivity contribution >= 4 is 17.7 Å². The number of para-hydroxylation sites is 1. The Hall–Kier alpha value is -4.52. The van der Waals surface area contributed by atoms with Crippen molar-refractivity contribution in [3.8, 4) is 28.6 Å². The highest BCUT2D eigenvalue weighted by molar-refractivity contribution is 6.02.